The van der Waals surface area contributed by atoms with Crippen molar-refractivity contribution in [1.29, 1.82) is 0 Å². The van der Waals surface area contributed by atoms with Crippen LogP contribution in [0.15, 0.2) is 54.6 Å². The fourth-order valence-corrected chi connectivity index (χ4v) is 5.24. The Bertz CT molecular complexity index is 1410. The Morgan fingerprint density at radius 1 is 1.06 bits per heavy atom. The normalized spacial score (nSPS) is 12.0. The van der Waals surface area contributed by atoms with Gasteiger partial charge in [-0.1, -0.05) is 30.3 Å². The van der Waals surface area contributed by atoms with Gasteiger partial charge in [0.05, 0.1) is 29.9 Å². The summed E-state index contributed by atoms with van der Waals surface area (Å²) in [6.07, 6.45) is 1.73. The van der Waals surface area contributed by atoms with Crippen LogP contribution >= 0.6 is 0 Å². The van der Waals surface area contributed by atoms with Gasteiger partial charge in [-0.15, -0.1) is 0 Å². The summed E-state index contributed by atoms with van der Waals surface area (Å²) in [5.41, 5.74) is 3.34. The minimum atomic E-state index is -3.73. The minimum Gasteiger partial charge on any atom is -0.497 e. The third kappa shape index (κ3) is 3.86. The first kappa shape index (κ1) is 22.0. The Kier molecular flexibility index (Phi) is 5.73. The van der Waals surface area contributed by atoms with Crippen LogP contribution in [0.1, 0.15) is 35.9 Å². The molecule has 4 aromatic rings. The molecule has 1 amide bonds. The lowest BCUT2D eigenvalue weighted by Gasteiger charge is -2.11. The average Bonchev–Trinajstić information content (AvgIpc) is 3.28. The van der Waals surface area contributed by atoms with Crippen molar-refractivity contribution in [3.63, 3.8) is 0 Å². The Morgan fingerprint density at radius 2 is 1.81 bits per heavy atom. The number of hydrogen-bond acceptors (Lipinski definition) is 4. The average molecular weight is 454 g/mol. The Morgan fingerprint density at radius 3 is 2.50 bits per heavy atom. The number of aromatic nitrogens is 2. The number of nitrogens with one attached hydrogen (secondary N) is 1. The summed E-state index contributed by atoms with van der Waals surface area (Å²) in [5.74, 6) is 0.331. The van der Waals surface area contributed by atoms with Gasteiger partial charge in [-0.2, -0.15) is 0 Å². The highest BCUT2D eigenvalue weighted by Gasteiger charge is 2.26. The number of rotatable bonds is 7. The van der Waals surface area contributed by atoms with Gasteiger partial charge < -0.3 is 14.6 Å². The fraction of sp³-hybridized carbons (Fsp3) is 0.292. The highest BCUT2D eigenvalue weighted by atomic mass is 32.2. The monoisotopic (exact) mass is 453 g/mol. The number of amides is 1. The molecule has 2 aromatic heterocycles. The van der Waals surface area contributed by atoms with E-state index >= 15 is 0 Å². The number of methoxy groups -OCH3 is 1. The van der Waals surface area contributed by atoms with Crippen LogP contribution in [0, 0.1) is 0 Å². The molecule has 0 bridgehead atoms. The zero-order valence-electron chi connectivity index (χ0n) is 18.6. The third-order valence-corrected chi connectivity index (χ3v) is 6.57. The van der Waals surface area contributed by atoms with Gasteiger partial charge in [0.2, 0.25) is 10.0 Å². The van der Waals surface area contributed by atoms with Gasteiger partial charge in [-0.3, -0.25) is 4.79 Å². The molecule has 32 heavy (non-hydrogen) atoms. The van der Waals surface area contributed by atoms with Gasteiger partial charge >= 0.3 is 0 Å². The van der Waals surface area contributed by atoms with E-state index in [1.807, 2.05) is 62.4 Å². The highest BCUT2D eigenvalue weighted by Crippen LogP contribution is 2.35. The predicted molar refractivity (Wildman–Crippen MR) is 127 cm³/mol. The van der Waals surface area contributed by atoms with E-state index in [2.05, 4.69) is 9.88 Å². The van der Waals surface area contributed by atoms with Crippen LogP contribution in [0.3, 0.4) is 0 Å². The molecule has 0 radical (unpaired) electrons. The molecule has 0 aliphatic rings. The van der Waals surface area contributed by atoms with Gasteiger partial charge in [0.1, 0.15) is 11.4 Å². The number of benzene rings is 2. The largest absolute Gasteiger partial charge is 0.497 e. The molecule has 7 nitrogen and oxygen atoms in total. The molecule has 0 saturated carbocycles. The van der Waals surface area contributed by atoms with Crippen molar-refractivity contribution in [2.24, 2.45) is 0 Å². The molecule has 0 aliphatic heterocycles. The van der Waals surface area contributed by atoms with Gasteiger partial charge in [0.25, 0.3) is 5.91 Å². The Labute approximate surface area is 187 Å². The van der Waals surface area contributed by atoms with Crippen molar-refractivity contribution in [2.45, 2.75) is 26.3 Å². The van der Waals surface area contributed by atoms with E-state index < -0.39 is 15.9 Å². The van der Waals surface area contributed by atoms with E-state index in [4.69, 9.17) is 4.74 Å². The summed E-state index contributed by atoms with van der Waals surface area (Å²) in [6, 6.07) is 17.1. The standard InChI is InChI=1S/C24H27N3O4S/c1-16(2)26-20-11-6-5-10-19(20)23-21(26)15-22(27(23)32(4,29)30)24(28)25-13-12-17-8-7-9-18(14-17)31-3/h5-11,14-16H,12-13H2,1-4H3,(H,25,28). The summed E-state index contributed by atoms with van der Waals surface area (Å²) in [5, 5.41) is 3.67. The summed E-state index contributed by atoms with van der Waals surface area (Å²) < 4.78 is 34.0. The fourth-order valence-electron chi connectivity index (χ4n) is 4.22. The van der Waals surface area contributed by atoms with Crippen LogP contribution in [-0.4, -0.2) is 42.8 Å². The summed E-state index contributed by atoms with van der Waals surface area (Å²) in [7, 11) is -2.12. The van der Waals surface area contributed by atoms with Crippen molar-refractivity contribution >= 4 is 37.9 Å². The second-order valence-electron chi connectivity index (χ2n) is 8.13. The summed E-state index contributed by atoms with van der Waals surface area (Å²) >= 11 is 0. The van der Waals surface area contributed by atoms with Gasteiger partial charge in [-0.25, -0.2) is 12.4 Å². The van der Waals surface area contributed by atoms with Crippen LogP contribution in [-0.2, 0) is 16.4 Å². The number of ether oxygens (including phenoxy) is 1. The first-order valence-corrected chi connectivity index (χ1v) is 12.3. The maximum atomic E-state index is 13.1. The number of carbonyl (C=O) groups is 1. The zero-order chi connectivity index (χ0) is 23.0. The highest BCUT2D eigenvalue weighted by molar-refractivity contribution is 7.89. The second-order valence-corrected chi connectivity index (χ2v) is 9.96. The molecule has 0 unspecified atom stereocenters. The van der Waals surface area contributed by atoms with E-state index in [1.54, 1.807) is 13.2 Å². The quantitative estimate of drug-likeness (QED) is 0.459. The van der Waals surface area contributed by atoms with Crippen LogP contribution in [0.2, 0.25) is 0 Å². The van der Waals surface area contributed by atoms with Crippen LogP contribution in [0.4, 0.5) is 0 Å². The lowest BCUT2D eigenvalue weighted by atomic mass is 10.1. The molecule has 2 heterocycles. The van der Waals surface area contributed by atoms with E-state index in [0.29, 0.717) is 18.5 Å². The lowest BCUT2D eigenvalue weighted by molar-refractivity contribution is 0.0948. The molecule has 8 heteroatoms. The first-order chi connectivity index (χ1) is 15.2. The van der Waals surface area contributed by atoms with Crippen LogP contribution in [0.5, 0.6) is 5.75 Å². The molecule has 0 aliphatic carbocycles. The molecule has 0 fully saturated rings. The molecule has 4 rings (SSSR count). The zero-order valence-corrected chi connectivity index (χ0v) is 19.4. The van der Waals surface area contributed by atoms with Crippen LogP contribution < -0.4 is 10.1 Å². The molecular formula is C24H27N3O4S. The molecule has 1 N–H and O–H groups in total. The van der Waals surface area contributed by atoms with E-state index in [-0.39, 0.29) is 11.7 Å². The molecular weight excluding hydrogens is 426 g/mol. The number of nitrogens with zero attached hydrogens (tertiary/aromatic N) is 2. The maximum Gasteiger partial charge on any atom is 0.269 e. The number of fused-ring (bicyclic) bond motifs is 3. The maximum absolute atomic E-state index is 13.1. The molecule has 0 atom stereocenters. The van der Waals surface area contributed by atoms with E-state index in [9.17, 15) is 13.2 Å². The predicted octanol–water partition coefficient (Wildman–Crippen LogP) is 3.97. The molecule has 168 valence electrons. The van der Waals surface area contributed by atoms with Gasteiger partial charge in [-0.05, 0) is 50.1 Å². The van der Waals surface area contributed by atoms with Crippen molar-refractivity contribution in [3.8, 4) is 5.75 Å². The van der Waals surface area contributed by atoms with Crippen molar-refractivity contribution in [1.82, 2.24) is 13.9 Å². The number of para-hydroxylation sites is 1. The van der Waals surface area contributed by atoms with Gasteiger partial charge in [0, 0.05) is 18.0 Å². The molecule has 0 saturated heterocycles. The van der Waals surface area contributed by atoms with Gasteiger partial charge in [0.15, 0.2) is 0 Å². The van der Waals surface area contributed by atoms with Crippen LogP contribution in [0.25, 0.3) is 21.9 Å². The molecule has 0 spiro atoms. The summed E-state index contributed by atoms with van der Waals surface area (Å²) in [6.45, 7) is 4.45. The third-order valence-electron chi connectivity index (χ3n) is 5.53. The van der Waals surface area contributed by atoms with Crippen molar-refractivity contribution in [2.75, 3.05) is 19.9 Å². The Balaban J connectivity index is 1.73. The van der Waals surface area contributed by atoms with E-state index in [0.717, 1.165) is 34.0 Å². The number of carbonyl (C=O) groups excluding carboxylic acids is 1. The SMILES string of the molecule is COc1cccc(CCNC(=O)c2cc3c(c4ccccc4n3C(C)C)n2S(C)(=O)=O)c1. The topological polar surface area (TPSA) is 82.3 Å². The Hall–Kier alpha value is -3.26. The summed E-state index contributed by atoms with van der Waals surface area (Å²) in [4.78, 5) is 13.1. The second kappa shape index (κ2) is 8.35. The lowest BCUT2D eigenvalue weighted by Crippen LogP contribution is -2.29. The minimum absolute atomic E-state index is 0.0942. The van der Waals surface area contributed by atoms with E-state index in [1.165, 1.54) is 3.97 Å². The van der Waals surface area contributed by atoms with Crippen molar-refractivity contribution < 1.29 is 17.9 Å². The smallest absolute Gasteiger partial charge is 0.269 e. The first-order valence-electron chi connectivity index (χ1n) is 10.5. The molecule has 2 aromatic carbocycles. The van der Waals surface area contributed by atoms with Crippen molar-refractivity contribution in [3.05, 3.63) is 65.9 Å². The number of hydrogen-bond donors (Lipinski definition) is 1.